The summed E-state index contributed by atoms with van der Waals surface area (Å²) in [6.45, 7) is 7.16. The summed E-state index contributed by atoms with van der Waals surface area (Å²) in [6.07, 6.45) is 2.30. The van der Waals surface area contributed by atoms with Gasteiger partial charge in [0.25, 0.3) is 5.56 Å². The molecule has 0 amide bonds. The Morgan fingerprint density at radius 2 is 2.08 bits per heavy atom. The Bertz CT molecular complexity index is 897. The predicted molar refractivity (Wildman–Crippen MR) is 98.3 cm³/mol. The highest BCUT2D eigenvalue weighted by molar-refractivity contribution is 7.99. The minimum atomic E-state index is -0.338. The van der Waals surface area contributed by atoms with Crippen molar-refractivity contribution in [3.63, 3.8) is 0 Å². The van der Waals surface area contributed by atoms with Crippen LogP contribution in [0.2, 0.25) is 0 Å². The summed E-state index contributed by atoms with van der Waals surface area (Å²) in [7, 11) is 1.51. The van der Waals surface area contributed by atoms with Crippen molar-refractivity contribution in [1.29, 1.82) is 0 Å². The van der Waals surface area contributed by atoms with Crippen LogP contribution in [0, 0.1) is 12.8 Å². The monoisotopic (exact) mass is 364 g/mol. The summed E-state index contributed by atoms with van der Waals surface area (Å²) in [5.74, 6) is 1.57. The molecule has 1 atom stereocenters. The second-order valence-electron chi connectivity index (χ2n) is 6.87. The molecule has 2 aromatic rings. The largest absolute Gasteiger partial charge is 0.377 e. The van der Waals surface area contributed by atoms with E-state index in [0.717, 1.165) is 29.8 Å². The lowest BCUT2D eigenvalue weighted by Crippen LogP contribution is -2.39. The van der Waals surface area contributed by atoms with Crippen molar-refractivity contribution in [2.75, 3.05) is 12.4 Å². The van der Waals surface area contributed by atoms with E-state index in [1.807, 2.05) is 13.8 Å². The van der Waals surface area contributed by atoms with E-state index < -0.39 is 0 Å². The molecule has 1 fully saturated rings. The second kappa shape index (κ2) is 7.29. The summed E-state index contributed by atoms with van der Waals surface area (Å²) < 4.78 is 8.41. The zero-order valence-electron chi connectivity index (χ0n) is 15.1. The van der Waals surface area contributed by atoms with Gasteiger partial charge in [-0.25, -0.2) is 14.8 Å². The van der Waals surface area contributed by atoms with Crippen molar-refractivity contribution in [3.05, 3.63) is 26.7 Å². The van der Waals surface area contributed by atoms with Crippen LogP contribution in [0.4, 0.5) is 0 Å². The fourth-order valence-corrected chi connectivity index (χ4v) is 4.15. The molecule has 3 heterocycles. The Morgan fingerprint density at radius 1 is 1.32 bits per heavy atom. The lowest BCUT2D eigenvalue weighted by atomic mass is 10.2. The van der Waals surface area contributed by atoms with Crippen LogP contribution in [-0.4, -0.2) is 37.6 Å². The highest BCUT2D eigenvalue weighted by Gasteiger charge is 2.21. The first-order valence-corrected chi connectivity index (χ1v) is 9.59. The Balaban J connectivity index is 2.15. The minimum Gasteiger partial charge on any atom is -0.377 e. The molecule has 0 aliphatic carbocycles. The van der Waals surface area contributed by atoms with Gasteiger partial charge in [-0.2, -0.15) is 0 Å². The van der Waals surface area contributed by atoms with Gasteiger partial charge in [0.1, 0.15) is 16.2 Å². The third kappa shape index (κ3) is 3.64. The number of rotatable bonds is 5. The maximum atomic E-state index is 12.7. The maximum Gasteiger partial charge on any atom is 0.332 e. The molecular weight excluding hydrogens is 340 g/mol. The third-order valence-electron chi connectivity index (χ3n) is 4.24. The fraction of sp³-hybridized carbons (Fsp3) is 0.647. The van der Waals surface area contributed by atoms with Gasteiger partial charge >= 0.3 is 5.69 Å². The van der Waals surface area contributed by atoms with Gasteiger partial charge in [0.2, 0.25) is 0 Å². The molecule has 0 unspecified atom stereocenters. The average molecular weight is 364 g/mol. The molecule has 0 bridgehead atoms. The first-order valence-electron chi connectivity index (χ1n) is 8.61. The SMILES string of the molecule is Cc1nc(SC[C@@H]2CCCO2)c2c(=O)n(C)c(=O)n(CC(C)C)c2n1. The number of aryl methyl sites for hydroxylation is 1. The van der Waals surface area contributed by atoms with Crippen molar-refractivity contribution >= 4 is 22.8 Å². The Hall–Kier alpha value is -1.67. The van der Waals surface area contributed by atoms with Gasteiger partial charge in [-0.3, -0.25) is 13.9 Å². The molecule has 2 aromatic heterocycles. The Labute approximate surface area is 150 Å². The molecule has 0 N–H and O–H groups in total. The summed E-state index contributed by atoms with van der Waals surface area (Å²) in [4.78, 5) is 34.2. The molecule has 0 aromatic carbocycles. The maximum absolute atomic E-state index is 12.7. The molecule has 25 heavy (non-hydrogen) atoms. The van der Waals surface area contributed by atoms with Gasteiger partial charge in [-0.15, -0.1) is 11.8 Å². The van der Waals surface area contributed by atoms with E-state index in [2.05, 4.69) is 9.97 Å². The highest BCUT2D eigenvalue weighted by Crippen LogP contribution is 2.26. The van der Waals surface area contributed by atoms with Crippen LogP contribution in [-0.2, 0) is 18.3 Å². The molecular formula is C17H24N4O3S. The molecule has 1 aliphatic rings. The van der Waals surface area contributed by atoms with Crippen LogP contribution in [0.15, 0.2) is 14.6 Å². The second-order valence-corrected chi connectivity index (χ2v) is 7.88. The summed E-state index contributed by atoms with van der Waals surface area (Å²) in [5, 5.41) is 1.06. The zero-order valence-corrected chi connectivity index (χ0v) is 15.9. The lowest BCUT2D eigenvalue weighted by molar-refractivity contribution is 0.129. The molecule has 0 spiro atoms. The van der Waals surface area contributed by atoms with E-state index in [9.17, 15) is 9.59 Å². The number of thioether (sulfide) groups is 1. The standard InChI is InChI=1S/C17H24N4O3S/c1-10(2)8-21-14-13(16(22)20(4)17(21)23)15(19-11(3)18-14)25-9-12-6-5-7-24-12/h10,12H,5-9H2,1-4H3/t12-/m0/s1. The summed E-state index contributed by atoms with van der Waals surface area (Å²) >= 11 is 1.51. The molecule has 1 aliphatic heterocycles. The number of aromatic nitrogens is 4. The lowest BCUT2D eigenvalue weighted by Gasteiger charge is -2.15. The fourth-order valence-electron chi connectivity index (χ4n) is 3.02. The van der Waals surface area contributed by atoms with Gasteiger partial charge in [-0.05, 0) is 25.7 Å². The quantitative estimate of drug-likeness (QED) is 0.594. The normalized spacial score (nSPS) is 17.7. The highest BCUT2D eigenvalue weighted by atomic mass is 32.2. The van der Waals surface area contributed by atoms with E-state index in [4.69, 9.17) is 4.74 Å². The van der Waals surface area contributed by atoms with E-state index in [1.165, 1.54) is 18.8 Å². The molecule has 8 heteroatoms. The number of nitrogens with zero attached hydrogens (tertiary/aromatic N) is 4. The summed E-state index contributed by atoms with van der Waals surface area (Å²) in [5.41, 5.74) is -0.238. The topological polar surface area (TPSA) is 79.0 Å². The zero-order chi connectivity index (χ0) is 18.1. The minimum absolute atomic E-state index is 0.195. The van der Waals surface area contributed by atoms with E-state index >= 15 is 0 Å². The number of fused-ring (bicyclic) bond motifs is 1. The molecule has 0 saturated carbocycles. The molecule has 136 valence electrons. The van der Waals surface area contributed by atoms with Crippen LogP contribution in [0.1, 0.15) is 32.5 Å². The predicted octanol–water partition coefficient (Wildman–Crippen LogP) is 1.73. The smallest absolute Gasteiger partial charge is 0.332 e. The van der Waals surface area contributed by atoms with E-state index in [-0.39, 0.29) is 23.3 Å². The van der Waals surface area contributed by atoms with Crippen molar-refractivity contribution in [2.45, 2.75) is 51.3 Å². The van der Waals surface area contributed by atoms with Crippen LogP contribution in [0.3, 0.4) is 0 Å². The van der Waals surface area contributed by atoms with E-state index in [1.54, 1.807) is 11.5 Å². The molecule has 7 nitrogen and oxygen atoms in total. The van der Waals surface area contributed by atoms with Crippen LogP contribution < -0.4 is 11.2 Å². The van der Waals surface area contributed by atoms with Gasteiger partial charge in [-0.1, -0.05) is 13.8 Å². The molecule has 3 rings (SSSR count). The Morgan fingerprint density at radius 3 is 2.72 bits per heavy atom. The first kappa shape index (κ1) is 18.1. The van der Waals surface area contributed by atoms with Gasteiger partial charge in [0.05, 0.1) is 6.10 Å². The van der Waals surface area contributed by atoms with Crippen molar-refractivity contribution in [1.82, 2.24) is 19.1 Å². The summed E-state index contributed by atoms with van der Waals surface area (Å²) in [6, 6.07) is 0. The van der Waals surface area contributed by atoms with Crippen LogP contribution >= 0.6 is 11.8 Å². The van der Waals surface area contributed by atoms with Crippen LogP contribution in [0.25, 0.3) is 11.0 Å². The average Bonchev–Trinajstić information content (AvgIpc) is 3.07. The molecule has 1 saturated heterocycles. The van der Waals surface area contributed by atoms with Crippen LogP contribution in [0.5, 0.6) is 0 Å². The van der Waals surface area contributed by atoms with Crippen molar-refractivity contribution in [2.24, 2.45) is 13.0 Å². The van der Waals surface area contributed by atoms with Gasteiger partial charge in [0.15, 0.2) is 5.65 Å². The van der Waals surface area contributed by atoms with E-state index in [0.29, 0.717) is 28.4 Å². The van der Waals surface area contributed by atoms with Crippen molar-refractivity contribution < 1.29 is 4.74 Å². The number of hydrogen-bond acceptors (Lipinski definition) is 6. The first-order chi connectivity index (χ1) is 11.9. The number of ether oxygens (including phenoxy) is 1. The Kier molecular flexibility index (Phi) is 5.29. The molecule has 0 radical (unpaired) electrons. The third-order valence-corrected chi connectivity index (χ3v) is 5.35. The van der Waals surface area contributed by atoms with Crippen molar-refractivity contribution in [3.8, 4) is 0 Å². The van der Waals surface area contributed by atoms with Gasteiger partial charge in [0, 0.05) is 26.0 Å². The number of hydrogen-bond donors (Lipinski definition) is 0. The van der Waals surface area contributed by atoms with Gasteiger partial charge < -0.3 is 4.74 Å².